The molecule has 1 aromatic carbocycles. The molecule has 15 heavy (non-hydrogen) atoms. The van der Waals surface area contributed by atoms with Gasteiger partial charge in [-0.1, -0.05) is 6.07 Å². The second-order valence-corrected chi connectivity index (χ2v) is 4.91. The van der Waals surface area contributed by atoms with Gasteiger partial charge in [0.05, 0.1) is 0 Å². The summed E-state index contributed by atoms with van der Waals surface area (Å²) < 4.78 is 13.1. The molecule has 1 N–H and O–H groups in total. The number of nitrogens with one attached hydrogen (secondary N) is 1. The van der Waals surface area contributed by atoms with Crippen LogP contribution < -0.4 is 5.32 Å². The summed E-state index contributed by atoms with van der Waals surface area (Å²) in [5, 5.41) is 3.35. The van der Waals surface area contributed by atoms with Crippen LogP contribution in [0.2, 0.25) is 0 Å². The van der Waals surface area contributed by atoms with E-state index in [1.807, 2.05) is 13.1 Å². The van der Waals surface area contributed by atoms with Crippen LogP contribution in [0, 0.1) is 5.82 Å². The zero-order chi connectivity index (χ0) is 11.1. The first kappa shape index (κ1) is 10.6. The van der Waals surface area contributed by atoms with Crippen molar-refractivity contribution in [3.05, 3.63) is 35.1 Å². The summed E-state index contributed by atoms with van der Waals surface area (Å²) in [6.07, 6.45) is 2.12. The summed E-state index contributed by atoms with van der Waals surface area (Å²) in [6, 6.07) is 5.20. The lowest BCUT2D eigenvalue weighted by atomic mass is 9.83. The van der Waals surface area contributed by atoms with Gasteiger partial charge in [-0.05, 0) is 57.0 Å². The zero-order valence-electron chi connectivity index (χ0n) is 9.60. The first-order chi connectivity index (χ1) is 7.04. The third kappa shape index (κ3) is 1.78. The van der Waals surface area contributed by atoms with E-state index in [2.05, 4.69) is 19.2 Å². The smallest absolute Gasteiger partial charge is 0.123 e. The molecule has 0 amide bonds. The number of hydrogen-bond acceptors (Lipinski definition) is 1. The van der Waals surface area contributed by atoms with E-state index in [1.165, 1.54) is 11.1 Å². The first-order valence-electron chi connectivity index (χ1n) is 5.52. The topological polar surface area (TPSA) is 12.0 Å². The first-order valence-corrected chi connectivity index (χ1v) is 5.52. The van der Waals surface area contributed by atoms with Crippen molar-refractivity contribution in [3.63, 3.8) is 0 Å². The lowest BCUT2D eigenvalue weighted by molar-refractivity contribution is 0.341. The zero-order valence-corrected chi connectivity index (χ0v) is 9.60. The van der Waals surface area contributed by atoms with Crippen LogP contribution in [0.1, 0.15) is 37.3 Å². The molecule has 1 aromatic rings. The molecule has 0 heterocycles. The Kier molecular flexibility index (Phi) is 2.55. The number of aryl methyl sites for hydroxylation is 1. The molecule has 2 rings (SSSR count). The highest BCUT2D eigenvalue weighted by atomic mass is 19.1. The van der Waals surface area contributed by atoms with E-state index in [1.54, 1.807) is 12.1 Å². The van der Waals surface area contributed by atoms with Gasteiger partial charge in [0.1, 0.15) is 5.82 Å². The van der Waals surface area contributed by atoms with Crippen molar-refractivity contribution >= 4 is 0 Å². The molecule has 1 aliphatic rings. The van der Waals surface area contributed by atoms with Crippen LogP contribution in [0.4, 0.5) is 4.39 Å². The van der Waals surface area contributed by atoms with Crippen LogP contribution in [-0.2, 0) is 6.42 Å². The van der Waals surface area contributed by atoms with Crippen molar-refractivity contribution in [3.8, 4) is 0 Å². The summed E-state index contributed by atoms with van der Waals surface area (Å²) in [5.74, 6) is 0.384. The van der Waals surface area contributed by atoms with Gasteiger partial charge in [-0.3, -0.25) is 0 Å². The van der Waals surface area contributed by atoms with Crippen LogP contribution in [-0.4, -0.2) is 12.6 Å². The van der Waals surface area contributed by atoms with Gasteiger partial charge in [0.15, 0.2) is 0 Å². The number of rotatable bonds is 2. The second kappa shape index (κ2) is 3.60. The van der Waals surface area contributed by atoms with E-state index < -0.39 is 0 Å². The minimum absolute atomic E-state index is 0.0864. The Balaban J connectivity index is 2.37. The fourth-order valence-corrected chi connectivity index (χ4v) is 2.51. The Morgan fingerprint density at radius 1 is 1.40 bits per heavy atom. The molecule has 1 unspecified atom stereocenters. The average molecular weight is 207 g/mol. The molecule has 0 fully saturated rings. The summed E-state index contributed by atoms with van der Waals surface area (Å²) in [4.78, 5) is 0. The van der Waals surface area contributed by atoms with Crippen LogP contribution in [0.5, 0.6) is 0 Å². The highest BCUT2D eigenvalue weighted by Gasteiger charge is 2.34. The van der Waals surface area contributed by atoms with E-state index in [0.29, 0.717) is 5.92 Å². The number of benzene rings is 1. The van der Waals surface area contributed by atoms with Crippen molar-refractivity contribution < 1.29 is 4.39 Å². The second-order valence-electron chi connectivity index (χ2n) is 4.91. The Labute approximate surface area is 90.7 Å². The normalized spacial score (nSPS) is 20.4. The summed E-state index contributed by atoms with van der Waals surface area (Å²) >= 11 is 0. The fraction of sp³-hybridized carbons (Fsp3) is 0.538. The van der Waals surface area contributed by atoms with E-state index in [0.717, 1.165) is 12.8 Å². The molecule has 0 spiro atoms. The van der Waals surface area contributed by atoms with Gasteiger partial charge in [-0.2, -0.15) is 0 Å². The molecule has 1 aliphatic carbocycles. The highest BCUT2D eigenvalue weighted by molar-refractivity contribution is 5.37. The minimum Gasteiger partial charge on any atom is -0.314 e. The van der Waals surface area contributed by atoms with E-state index in [-0.39, 0.29) is 11.4 Å². The van der Waals surface area contributed by atoms with Crippen LogP contribution in [0.15, 0.2) is 18.2 Å². The maximum Gasteiger partial charge on any atom is 0.123 e. The lowest BCUT2D eigenvalue weighted by Crippen LogP contribution is -2.41. The summed E-state index contributed by atoms with van der Waals surface area (Å²) in [7, 11) is 1.99. The highest BCUT2D eigenvalue weighted by Crippen LogP contribution is 2.40. The number of hydrogen-bond donors (Lipinski definition) is 1. The van der Waals surface area contributed by atoms with Gasteiger partial charge in [-0.15, -0.1) is 0 Å². The molecule has 0 radical (unpaired) electrons. The fourth-order valence-electron chi connectivity index (χ4n) is 2.51. The van der Waals surface area contributed by atoms with Gasteiger partial charge in [-0.25, -0.2) is 4.39 Å². The van der Waals surface area contributed by atoms with E-state index >= 15 is 0 Å². The van der Waals surface area contributed by atoms with Crippen molar-refractivity contribution in [2.45, 2.75) is 38.1 Å². The van der Waals surface area contributed by atoms with Gasteiger partial charge in [0.2, 0.25) is 0 Å². The molecule has 0 aromatic heterocycles. The van der Waals surface area contributed by atoms with Crippen molar-refractivity contribution in [2.24, 2.45) is 0 Å². The van der Waals surface area contributed by atoms with Crippen molar-refractivity contribution in [2.75, 3.05) is 7.05 Å². The molecule has 0 aliphatic heterocycles. The SMILES string of the molecule is CNC(C)(C)C1CCc2cc(F)ccc21. The third-order valence-corrected chi connectivity index (χ3v) is 3.70. The lowest BCUT2D eigenvalue weighted by Gasteiger charge is -2.32. The molecular formula is C13H18FN. The maximum absolute atomic E-state index is 13.1. The Bertz CT molecular complexity index is 371. The monoisotopic (exact) mass is 207 g/mol. The van der Waals surface area contributed by atoms with Crippen LogP contribution >= 0.6 is 0 Å². The predicted octanol–water partition coefficient (Wildman–Crippen LogP) is 2.85. The molecule has 82 valence electrons. The van der Waals surface area contributed by atoms with Crippen LogP contribution in [0.3, 0.4) is 0 Å². The number of likely N-dealkylation sites (N-methyl/N-ethyl adjacent to an activating group) is 1. The third-order valence-electron chi connectivity index (χ3n) is 3.70. The predicted molar refractivity (Wildman–Crippen MR) is 60.6 cm³/mol. The van der Waals surface area contributed by atoms with E-state index in [9.17, 15) is 4.39 Å². The summed E-state index contributed by atoms with van der Waals surface area (Å²) in [6.45, 7) is 4.41. The molecule has 2 heteroatoms. The molecule has 1 atom stereocenters. The minimum atomic E-state index is -0.114. The number of fused-ring (bicyclic) bond motifs is 1. The summed E-state index contributed by atoms with van der Waals surface area (Å²) in [5.41, 5.74) is 2.59. The maximum atomic E-state index is 13.1. The van der Waals surface area contributed by atoms with Gasteiger partial charge >= 0.3 is 0 Å². The van der Waals surface area contributed by atoms with Crippen molar-refractivity contribution in [1.29, 1.82) is 0 Å². The largest absolute Gasteiger partial charge is 0.314 e. The Morgan fingerprint density at radius 3 is 2.80 bits per heavy atom. The number of halogens is 1. The molecule has 0 saturated heterocycles. The molecular weight excluding hydrogens is 189 g/mol. The van der Waals surface area contributed by atoms with Crippen LogP contribution in [0.25, 0.3) is 0 Å². The van der Waals surface area contributed by atoms with Gasteiger partial charge in [0.25, 0.3) is 0 Å². The van der Waals surface area contributed by atoms with E-state index in [4.69, 9.17) is 0 Å². The van der Waals surface area contributed by atoms with Crippen molar-refractivity contribution in [1.82, 2.24) is 5.32 Å². The Hall–Kier alpha value is -0.890. The Morgan fingerprint density at radius 2 is 2.13 bits per heavy atom. The van der Waals surface area contributed by atoms with Gasteiger partial charge in [0, 0.05) is 11.5 Å². The average Bonchev–Trinajstić information content (AvgIpc) is 2.61. The molecule has 0 bridgehead atoms. The molecule has 1 nitrogen and oxygen atoms in total. The van der Waals surface area contributed by atoms with Gasteiger partial charge < -0.3 is 5.32 Å². The molecule has 0 saturated carbocycles. The quantitative estimate of drug-likeness (QED) is 0.786. The standard InChI is InChI=1S/C13H18FN/c1-13(2,15-3)12-7-4-9-8-10(14)5-6-11(9)12/h5-6,8,12,15H,4,7H2,1-3H3.